The highest BCUT2D eigenvalue weighted by molar-refractivity contribution is 5.92. The van der Waals surface area contributed by atoms with Gasteiger partial charge < -0.3 is 9.47 Å². The number of Topliss-reactive ketones (excluding diaryl/α,β-unsaturated/α-hetero) is 1. The molecule has 3 saturated carbocycles. The van der Waals surface area contributed by atoms with Crippen molar-refractivity contribution in [1.82, 2.24) is 0 Å². The molecule has 0 spiro atoms. The first-order valence-corrected chi connectivity index (χ1v) is 10.0. The molecule has 4 fully saturated rings. The molecule has 8 atom stereocenters. The number of carbonyl (C=O) groups excluding carboxylic acids is 2. The predicted octanol–water partition coefficient (Wildman–Crippen LogP) is 3.27. The third kappa shape index (κ3) is 2.37. The largest absolute Gasteiger partial charge is 0.469 e. The number of ether oxygens (including phenoxy) is 2. The van der Waals surface area contributed by atoms with Crippen molar-refractivity contribution in [3.63, 3.8) is 0 Å². The summed E-state index contributed by atoms with van der Waals surface area (Å²) < 4.78 is 10.6. The van der Waals surface area contributed by atoms with Gasteiger partial charge in [-0.05, 0) is 61.7 Å². The van der Waals surface area contributed by atoms with Crippen molar-refractivity contribution in [2.45, 2.75) is 71.0 Å². The van der Waals surface area contributed by atoms with Gasteiger partial charge in [0.1, 0.15) is 6.10 Å². The highest BCUT2D eigenvalue weighted by Gasteiger charge is 2.63. The zero-order chi connectivity index (χ0) is 18.7. The van der Waals surface area contributed by atoms with Gasteiger partial charge in [-0.25, -0.2) is 0 Å². The van der Waals surface area contributed by atoms with E-state index in [1.807, 2.05) is 0 Å². The fraction of sp³-hybridized carbons (Fsp3) is 0.857. The second-order valence-corrected chi connectivity index (χ2v) is 9.35. The lowest BCUT2D eigenvalue weighted by molar-refractivity contribution is -0.154. The maximum absolute atomic E-state index is 13.0. The average molecular weight is 359 g/mol. The summed E-state index contributed by atoms with van der Waals surface area (Å²) in [5, 5.41) is 9.52. The first-order chi connectivity index (χ1) is 12.4. The Balaban J connectivity index is 1.64. The van der Waals surface area contributed by atoms with Gasteiger partial charge >= 0.3 is 5.97 Å². The fourth-order valence-corrected chi connectivity index (χ4v) is 6.85. The number of hydrogen-bond donors (Lipinski definition) is 0. The number of rotatable bonds is 3. The Hall–Kier alpha value is -1.41. The van der Waals surface area contributed by atoms with Crippen LogP contribution in [0.4, 0.5) is 0 Å². The summed E-state index contributed by atoms with van der Waals surface area (Å²) in [7, 11) is 1.46. The van der Waals surface area contributed by atoms with Gasteiger partial charge in [-0.15, -0.1) is 0 Å². The second kappa shape index (κ2) is 6.05. The molecule has 0 bridgehead atoms. The SMILES string of the molecule is COC(=O)[C@H]1CC[C@H]2C(CC#N)C([C@@]3(C)CC[C@H]4O[C@H]4C3=O)CC[C@]12C. The van der Waals surface area contributed by atoms with Crippen LogP contribution in [-0.2, 0) is 19.1 Å². The van der Waals surface area contributed by atoms with E-state index < -0.39 is 0 Å². The number of epoxide rings is 1. The molecule has 3 aliphatic carbocycles. The molecule has 0 aromatic heterocycles. The topological polar surface area (TPSA) is 79.7 Å². The van der Waals surface area contributed by atoms with Gasteiger partial charge in [0, 0.05) is 11.8 Å². The minimum absolute atomic E-state index is 0.0781. The van der Waals surface area contributed by atoms with Crippen LogP contribution in [0, 0.1) is 45.8 Å². The molecule has 0 aromatic carbocycles. The van der Waals surface area contributed by atoms with Gasteiger partial charge in [-0.1, -0.05) is 13.8 Å². The molecule has 142 valence electrons. The van der Waals surface area contributed by atoms with Crippen molar-refractivity contribution >= 4 is 11.8 Å². The summed E-state index contributed by atoms with van der Waals surface area (Å²) >= 11 is 0. The first-order valence-electron chi connectivity index (χ1n) is 10.0. The average Bonchev–Trinajstić information content (AvgIpc) is 3.33. The molecule has 0 amide bonds. The Morgan fingerprint density at radius 1 is 1.23 bits per heavy atom. The molecule has 2 unspecified atom stereocenters. The summed E-state index contributed by atoms with van der Waals surface area (Å²) in [6, 6.07) is 2.39. The van der Waals surface area contributed by atoms with E-state index in [-0.39, 0.29) is 52.5 Å². The third-order valence-electron chi connectivity index (χ3n) is 8.42. The molecular formula is C21H29NO4. The maximum atomic E-state index is 13.0. The van der Waals surface area contributed by atoms with Gasteiger partial charge in [0.15, 0.2) is 5.78 Å². The minimum Gasteiger partial charge on any atom is -0.469 e. The quantitative estimate of drug-likeness (QED) is 0.571. The van der Waals surface area contributed by atoms with E-state index in [0.717, 1.165) is 38.5 Å². The van der Waals surface area contributed by atoms with Crippen molar-refractivity contribution in [3.8, 4) is 6.07 Å². The summed E-state index contributed by atoms with van der Waals surface area (Å²) in [5.74, 6) is 0.774. The van der Waals surface area contributed by atoms with Gasteiger partial charge in [-0.2, -0.15) is 5.26 Å². The lowest BCUT2D eigenvalue weighted by Gasteiger charge is -2.53. The van der Waals surface area contributed by atoms with E-state index in [1.165, 1.54) is 7.11 Å². The number of hydrogen-bond acceptors (Lipinski definition) is 5. The first kappa shape index (κ1) is 18.0. The maximum Gasteiger partial charge on any atom is 0.309 e. The van der Waals surface area contributed by atoms with Gasteiger partial charge in [-0.3, -0.25) is 9.59 Å². The Kier molecular flexibility index (Phi) is 4.19. The van der Waals surface area contributed by atoms with E-state index >= 15 is 0 Å². The monoisotopic (exact) mass is 359 g/mol. The number of methoxy groups -OCH3 is 1. The molecule has 0 radical (unpaired) electrons. The molecule has 1 heterocycles. The highest BCUT2D eigenvalue weighted by Crippen LogP contribution is 2.64. The van der Waals surface area contributed by atoms with Crippen molar-refractivity contribution in [2.24, 2.45) is 34.5 Å². The van der Waals surface area contributed by atoms with Crippen LogP contribution in [0.5, 0.6) is 0 Å². The van der Waals surface area contributed by atoms with E-state index in [2.05, 4.69) is 19.9 Å². The molecule has 5 heteroatoms. The Bertz CT molecular complexity index is 669. The van der Waals surface area contributed by atoms with Gasteiger partial charge in [0.05, 0.1) is 25.2 Å². The Morgan fingerprint density at radius 2 is 2.00 bits per heavy atom. The van der Waals surface area contributed by atoms with Crippen LogP contribution in [0.2, 0.25) is 0 Å². The summed E-state index contributed by atoms with van der Waals surface area (Å²) in [5.41, 5.74) is -0.498. The van der Waals surface area contributed by atoms with E-state index in [9.17, 15) is 14.9 Å². The number of nitrogens with zero attached hydrogens (tertiary/aromatic N) is 1. The number of carbonyl (C=O) groups is 2. The molecule has 0 aromatic rings. The van der Waals surface area contributed by atoms with Crippen LogP contribution in [0.3, 0.4) is 0 Å². The van der Waals surface area contributed by atoms with Crippen molar-refractivity contribution < 1.29 is 19.1 Å². The molecule has 1 saturated heterocycles. The second-order valence-electron chi connectivity index (χ2n) is 9.35. The van der Waals surface area contributed by atoms with Gasteiger partial charge in [0.25, 0.3) is 0 Å². The highest BCUT2D eigenvalue weighted by atomic mass is 16.6. The lowest BCUT2D eigenvalue weighted by atomic mass is 9.50. The normalized spacial score (nSPS) is 49.7. The fourth-order valence-electron chi connectivity index (χ4n) is 6.85. The van der Waals surface area contributed by atoms with E-state index in [1.54, 1.807) is 0 Å². The number of ketones is 1. The minimum atomic E-state index is -0.385. The van der Waals surface area contributed by atoms with E-state index in [0.29, 0.717) is 12.3 Å². The Labute approximate surface area is 155 Å². The van der Waals surface area contributed by atoms with Crippen LogP contribution < -0.4 is 0 Å². The standard InChI is InChI=1S/C21H29NO4/c1-20-9-6-14(21(2)10-7-16-17(26-16)18(21)23)12(8-11-22)13(20)4-5-15(20)19(24)25-3/h12-17H,4-10H2,1-3H3/t12?,13-,14?,15+,16+,17+,20-,21+/m0/s1. The Morgan fingerprint density at radius 3 is 2.69 bits per heavy atom. The van der Waals surface area contributed by atoms with Crippen molar-refractivity contribution in [3.05, 3.63) is 0 Å². The van der Waals surface area contributed by atoms with Crippen LogP contribution in [0.15, 0.2) is 0 Å². The molecular weight excluding hydrogens is 330 g/mol. The van der Waals surface area contributed by atoms with Crippen molar-refractivity contribution in [1.29, 1.82) is 5.26 Å². The number of nitriles is 1. The van der Waals surface area contributed by atoms with E-state index in [4.69, 9.17) is 9.47 Å². The molecule has 4 rings (SSSR count). The summed E-state index contributed by atoms with van der Waals surface area (Å²) in [6.07, 6.45) is 5.86. The number of esters is 1. The lowest BCUT2D eigenvalue weighted by Crippen LogP contribution is -2.52. The molecule has 0 N–H and O–H groups in total. The van der Waals surface area contributed by atoms with Gasteiger partial charge in [0.2, 0.25) is 0 Å². The molecule has 26 heavy (non-hydrogen) atoms. The number of fused-ring (bicyclic) bond motifs is 2. The molecule has 4 aliphatic rings. The third-order valence-corrected chi connectivity index (χ3v) is 8.42. The van der Waals surface area contributed by atoms with Crippen LogP contribution in [-0.4, -0.2) is 31.1 Å². The summed E-state index contributed by atoms with van der Waals surface area (Å²) in [6.45, 7) is 4.32. The predicted molar refractivity (Wildman–Crippen MR) is 93.8 cm³/mol. The summed E-state index contributed by atoms with van der Waals surface area (Å²) in [4.78, 5) is 25.4. The van der Waals surface area contributed by atoms with Crippen LogP contribution >= 0.6 is 0 Å². The zero-order valence-corrected chi connectivity index (χ0v) is 16.0. The zero-order valence-electron chi connectivity index (χ0n) is 16.0. The molecule has 1 aliphatic heterocycles. The smallest absolute Gasteiger partial charge is 0.309 e. The van der Waals surface area contributed by atoms with Crippen LogP contribution in [0.25, 0.3) is 0 Å². The van der Waals surface area contributed by atoms with Crippen molar-refractivity contribution in [2.75, 3.05) is 7.11 Å². The van der Waals surface area contributed by atoms with Crippen LogP contribution in [0.1, 0.15) is 58.8 Å². The molecule has 5 nitrogen and oxygen atoms in total.